The molecule has 1 heterocycles. The van der Waals surface area contributed by atoms with Crippen molar-refractivity contribution in [1.29, 1.82) is 0 Å². The topological polar surface area (TPSA) is 45.7 Å². The highest BCUT2D eigenvalue weighted by Crippen LogP contribution is 2.25. The number of hydrogen-bond donors (Lipinski definition) is 2. The van der Waals surface area contributed by atoms with E-state index in [2.05, 4.69) is 15.6 Å². The maximum absolute atomic E-state index is 13.6. The summed E-state index contributed by atoms with van der Waals surface area (Å²) in [6.07, 6.45) is 2.56. The second-order valence-electron chi connectivity index (χ2n) is 4.91. The van der Waals surface area contributed by atoms with Gasteiger partial charge in [0, 0.05) is 25.4 Å². The number of rotatable bonds is 5. The predicted octanol–water partition coefficient (Wildman–Crippen LogP) is 3.01. The van der Waals surface area contributed by atoms with Crippen molar-refractivity contribution in [2.24, 2.45) is 4.99 Å². The second kappa shape index (κ2) is 10.1. The lowest BCUT2D eigenvalue weighted by atomic mass is 10.2. The van der Waals surface area contributed by atoms with Crippen molar-refractivity contribution in [1.82, 2.24) is 10.6 Å². The Morgan fingerprint density at radius 3 is 2.86 bits per heavy atom. The number of nitrogens with one attached hydrogen (secondary N) is 2. The molecule has 7 heteroatoms. The van der Waals surface area contributed by atoms with Gasteiger partial charge in [-0.1, -0.05) is 6.07 Å². The molecular weight excluding hydrogens is 416 g/mol. The molecule has 1 aromatic rings. The number of methoxy groups -OCH3 is 1. The monoisotopic (exact) mass is 439 g/mol. The first-order valence-electron chi connectivity index (χ1n) is 7.11. The molecule has 124 valence electrons. The largest absolute Gasteiger partial charge is 0.494 e. The van der Waals surface area contributed by atoms with Crippen molar-refractivity contribution >= 4 is 41.7 Å². The van der Waals surface area contributed by atoms with Gasteiger partial charge in [0.1, 0.15) is 0 Å². The van der Waals surface area contributed by atoms with Crippen molar-refractivity contribution in [2.75, 3.05) is 26.5 Å². The summed E-state index contributed by atoms with van der Waals surface area (Å²) in [6.45, 7) is 1.44. The number of guanidine groups is 1. The molecule has 0 saturated carbocycles. The highest BCUT2D eigenvalue weighted by Gasteiger charge is 2.15. The third-order valence-electron chi connectivity index (χ3n) is 3.42. The van der Waals surface area contributed by atoms with Gasteiger partial charge in [0.05, 0.1) is 7.11 Å². The molecule has 0 aromatic heterocycles. The maximum atomic E-state index is 13.6. The summed E-state index contributed by atoms with van der Waals surface area (Å²) in [4.78, 5) is 4.19. The summed E-state index contributed by atoms with van der Waals surface area (Å²) in [5.74, 6) is 1.92. The number of halogens is 2. The smallest absolute Gasteiger partial charge is 0.191 e. The van der Waals surface area contributed by atoms with Gasteiger partial charge in [-0.15, -0.1) is 24.0 Å². The van der Waals surface area contributed by atoms with Gasteiger partial charge in [0.15, 0.2) is 17.5 Å². The first-order chi connectivity index (χ1) is 10.2. The summed E-state index contributed by atoms with van der Waals surface area (Å²) in [5, 5.41) is 7.18. The Labute approximate surface area is 152 Å². The summed E-state index contributed by atoms with van der Waals surface area (Å²) in [6, 6.07) is 4.96. The second-order valence-corrected chi connectivity index (χ2v) is 6.32. The minimum atomic E-state index is -0.345. The molecule has 1 unspecified atom stereocenters. The molecular formula is C15H23FIN3OS. The molecule has 0 amide bonds. The van der Waals surface area contributed by atoms with Gasteiger partial charge < -0.3 is 15.4 Å². The predicted molar refractivity (Wildman–Crippen MR) is 102 cm³/mol. The summed E-state index contributed by atoms with van der Waals surface area (Å²) in [7, 11) is 3.20. The number of benzene rings is 1. The number of nitrogens with zero attached hydrogens (tertiary/aromatic N) is 1. The molecule has 1 aliphatic heterocycles. The van der Waals surface area contributed by atoms with Crippen LogP contribution in [-0.2, 0) is 6.54 Å². The lowest BCUT2D eigenvalue weighted by molar-refractivity contribution is 0.386. The van der Waals surface area contributed by atoms with Gasteiger partial charge in [-0.3, -0.25) is 4.99 Å². The standard InChI is InChI=1S/C15H22FN3OS.HI/c1-17-15(19-10-12-4-3-7-21-12)18-9-11-5-6-14(20-2)13(16)8-11;/h5-6,8,12H,3-4,7,9-10H2,1-2H3,(H2,17,18,19);1H. The molecule has 1 aromatic carbocycles. The van der Waals surface area contributed by atoms with Crippen LogP contribution in [0.3, 0.4) is 0 Å². The van der Waals surface area contributed by atoms with E-state index in [0.29, 0.717) is 11.8 Å². The van der Waals surface area contributed by atoms with Gasteiger partial charge >= 0.3 is 0 Å². The minimum absolute atomic E-state index is 0. The van der Waals surface area contributed by atoms with Crippen LogP contribution in [0.2, 0.25) is 0 Å². The SMILES string of the molecule is CN=C(NCc1ccc(OC)c(F)c1)NCC1CCCS1.I. The van der Waals surface area contributed by atoms with Gasteiger partial charge in [-0.25, -0.2) is 4.39 Å². The molecule has 1 fully saturated rings. The van der Waals surface area contributed by atoms with Crippen molar-refractivity contribution in [3.05, 3.63) is 29.6 Å². The molecule has 0 aliphatic carbocycles. The van der Waals surface area contributed by atoms with E-state index in [1.807, 2.05) is 17.8 Å². The fraction of sp³-hybridized carbons (Fsp3) is 0.533. The molecule has 2 N–H and O–H groups in total. The van der Waals surface area contributed by atoms with E-state index < -0.39 is 0 Å². The summed E-state index contributed by atoms with van der Waals surface area (Å²) < 4.78 is 18.5. The van der Waals surface area contributed by atoms with E-state index in [1.54, 1.807) is 13.1 Å². The number of thioether (sulfide) groups is 1. The van der Waals surface area contributed by atoms with Crippen molar-refractivity contribution in [3.63, 3.8) is 0 Å². The van der Waals surface area contributed by atoms with Crippen molar-refractivity contribution in [2.45, 2.75) is 24.6 Å². The molecule has 1 saturated heterocycles. The highest BCUT2D eigenvalue weighted by atomic mass is 127. The van der Waals surface area contributed by atoms with E-state index in [1.165, 1.54) is 31.8 Å². The number of hydrogen-bond acceptors (Lipinski definition) is 3. The lowest BCUT2D eigenvalue weighted by Gasteiger charge is -2.15. The molecule has 0 radical (unpaired) electrons. The fourth-order valence-electron chi connectivity index (χ4n) is 2.24. The quantitative estimate of drug-likeness (QED) is 0.421. The molecule has 1 atom stereocenters. The Morgan fingerprint density at radius 1 is 1.45 bits per heavy atom. The Morgan fingerprint density at radius 2 is 2.27 bits per heavy atom. The molecule has 2 rings (SSSR count). The van der Waals surface area contributed by atoms with Crippen LogP contribution in [0.1, 0.15) is 18.4 Å². The number of aliphatic imine (C=N–C) groups is 1. The molecule has 1 aliphatic rings. The Kier molecular flexibility index (Phi) is 8.92. The molecule has 4 nitrogen and oxygen atoms in total. The fourth-order valence-corrected chi connectivity index (χ4v) is 3.44. The van der Waals surface area contributed by atoms with Gasteiger partial charge in [-0.2, -0.15) is 11.8 Å². The zero-order valence-electron chi connectivity index (χ0n) is 12.9. The van der Waals surface area contributed by atoms with Crippen LogP contribution >= 0.6 is 35.7 Å². The minimum Gasteiger partial charge on any atom is -0.494 e. The average molecular weight is 439 g/mol. The lowest BCUT2D eigenvalue weighted by Crippen LogP contribution is -2.39. The van der Waals surface area contributed by atoms with E-state index >= 15 is 0 Å². The first kappa shape index (κ1) is 19.3. The van der Waals surface area contributed by atoms with E-state index in [0.717, 1.165) is 18.1 Å². The van der Waals surface area contributed by atoms with Crippen LogP contribution in [-0.4, -0.2) is 37.7 Å². The van der Waals surface area contributed by atoms with Gasteiger partial charge in [0.2, 0.25) is 0 Å². The zero-order chi connectivity index (χ0) is 15.1. The van der Waals surface area contributed by atoms with Crippen LogP contribution in [0, 0.1) is 5.82 Å². The normalized spacial score (nSPS) is 17.8. The van der Waals surface area contributed by atoms with Crippen LogP contribution < -0.4 is 15.4 Å². The van der Waals surface area contributed by atoms with Crippen LogP contribution in [0.25, 0.3) is 0 Å². The van der Waals surface area contributed by atoms with Crippen molar-refractivity contribution < 1.29 is 9.13 Å². The van der Waals surface area contributed by atoms with E-state index in [9.17, 15) is 4.39 Å². The Bertz CT molecular complexity index is 496. The Hall–Kier alpha value is -0.700. The maximum Gasteiger partial charge on any atom is 0.191 e. The van der Waals surface area contributed by atoms with Crippen LogP contribution in [0.5, 0.6) is 5.75 Å². The van der Waals surface area contributed by atoms with E-state index in [-0.39, 0.29) is 35.5 Å². The average Bonchev–Trinajstić information content (AvgIpc) is 3.01. The van der Waals surface area contributed by atoms with E-state index in [4.69, 9.17) is 4.74 Å². The highest BCUT2D eigenvalue weighted by molar-refractivity contribution is 14.0. The van der Waals surface area contributed by atoms with Crippen LogP contribution in [0.4, 0.5) is 4.39 Å². The molecule has 22 heavy (non-hydrogen) atoms. The summed E-state index contributed by atoms with van der Waals surface area (Å²) >= 11 is 2.01. The van der Waals surface area contributed by atoms with Gasteiger partial charge in [0.25, 0.3) is 0 Å². The summed E-state index contributed by atoms with van der Waals surface area (Å²) in [5.41, 5.74) is 0.853. The zero-order valence-corrected chi connectivity index (χ0v) is 16.0. The van der Waals surface area contributed by atoms with Crippen molar-refractivity contribution in [3.8, 4) is 5.75 Å². The van der Waals surface area contributed by atoms with Crippen LogP contribution in [0.15, 0.2) is 23.2 Å². The third-order valence-corrected chi connectivity index (χ3v) is 4.82. The van der Waals surface area contributed by atoms with Gasteiger partial charge in [-0.05, 0) is 36.3 Å². The third kappa shape index (κ3) is 5.83. The molecule has 0 bridgehead atoms. The first-order valence-corrected chi connectivity index (χ1v) is 8.16. The molecule has 0 spiro atoms. The number of ether oxygens (including phenoxy) is 1. The Balaban J connectivity index is 0.00000242.